The fourth-order valence-electron chi connectivity index (χ4n) is 1.93. The fraction of sp³-hybridized carbons (Fsp3) is 0.133. The van der Waals surface area contributed by atoms with Crippen LogP contribution in [0, 0.1) is 11.6 Å². The highest BCUT2D eigenvalue weighted by Gasteiger charge is 2.17. The molecule has 19 heavy (non-hydrogen) atoms. The van der Waals surface area contributed by atoms with Gasteiger partial charge < -0.3 is 5.73 Å². The second-order valence-corrected chi connectivity index (χ2v) is 4.15. The zero-order chi connectivity index (χ0) is 13.8. The van der Waals surface area contributed by atoms with E-state index in [1.807, 2.05) is 0 Å². The van der Waals surface area contributed by atoms with E-state index in [2.05, 4.69) is 0 Å². The molecule has 2 aromatic carbocycles. The van der Waals surface area contributed by atoms with Crippen LogP contribution in [0.25, 0.3) is 0 Å². The molecule has 4 heteroatoms. The lowest BCUT2D eigenvalue weighted by molar-refractivity contribution is 0.103. The number of rotatable bonds is 4. The van der Waals surface area contributed by atoms with Crippen LogP contribution in [0.1, 0.15) is 21.5 Å². The molecular formula is C15H13F2NO. The summed E-state index contributed by atoms with van der Waals surface area (Å²) >= 11 is 0. The average molecular weight is 261 g/mol. The third-order valence-corrected chi connectivity index (χ3v) is 2.85. The largest absolute Gasteiger partial charge is 0.330 e. The van der Waals surface area contributed by atoms with Crippen LogP contribution >= 0.6 is 0 Å². The van der Waals surface area contributed by atoms with Gasteiger partial charge >= 0.3 is 0 Å². The summed E-state index contributed by atoms with van der Waals surface area (Å²) in [6, 6.07) is 9.67. The molecule has 0 aliphatic heterocycles. The molecule has 0 fully saturated rings. The predicted molar refractivity (Wildman–Crippen MR) is 69.0 cm³/mol. The number of nitrogens with two attached hydrogens (primary N) is 1. The fourth-order valence-corrected chi connectivity index (χ4v) is 1.93. The Labute approximate surface area is 109 Å². The summed E-state index contributed by atoms with van der Waals surface area (Å²) < 4.78 is 26.7. The van der Waals surface area contributed by atoms with Gasteiger partial charge in [0.15, 0.2) is 5.78 Å². The Bertz CT molecular complexity index is 611. The van der Waals surface area contributed by atoms with E-state index in [9.17, 15) is 13.6 Å². The molecule has 0 spiro atoms. The summed E-state index contributed by atoms with van der Waals surface area (Å²) in [7, 11) is 0. The van der Waals surface area contributed by atoms with E-state index in [4.69, 9.17) is 5.73 Å². The number of halogens is 2. The number of carbonyl (C=O) groups is 1. The van der Waals surface area contributed by atoms with Crippen LogP contribution in [-0.2, 0) is 6.42 Å². The highest BCUT2D eigenvalue weighted by molar-refractivity contribution is 6.10. The molecule has 0 bridgehead atoms. The smallest absolute Gasteiger partial charge is 0.196 e. The molecule has 0 radical (unpaired) electrons. The molecule has 0 saturated heterocycles. The molecule has 0 unspecified atom stereocenters. The van der Waals surface area contributed by atoms with Gasteiger partial charge in [0.2, 0.25) is 0 Å². The number of ketones is 1. The van der Waals surface area contributed by atoms with E-state index in [0.717, 1.165) is 23.8 Å². The number of carbonyl (C=O) groups excluding carboxylic acids is 1. The third-order valence-electron chi connectivity index (χ3n) is 2.85. The zero-order valence-electron chi connectivity index (χ0n) is 10.2. The Balaban J connectivity index is 2.47. The molecule has 2 N–H and O–H groups in total. The maximum atomic E-state index is 13.6. The van der Waals surface area contributed by atoms with Crippen molar-refractivity contribution in [2.45, 2.75) is 6.42 Å². The van der Waals surface area contributed by atoms with Gasteiger partial charge in [-0.25, -0.2) is 8.78 Å². The van der Waals surface area contributed by atoms with Crippen molar-refractivity contribution in [1.82, 2.24) is 0 Å². The SMILES string of the molecule is NCCc1ccccc1C(=O)c1cc(F)ccc1F. The van der Waals surface area contributed by atoms with Crippen LogP contribution in [-0.4, -0.2) is 12.3 Å². The highest BCUT2D eigenvalue weighted by atomic mass is 19.1. The van der Waals surface area contributed by atoms with Crippen molar-refractivity contribution in [3.8, 4) is 0 Å². The molecule has 0 aromatic heterocycles. The Hall–Kier alpha value is -2.07. The Morgan fingerprint density at radius 1 is 1.05 bits per heavy atom. The molecule has 0 atom stereocenters. The molecular weight excluding hydrogens is 248 g/mol. The topological polar surface area (TPSA) is 43.1 Å². The van der Waals surface area contributed by atoms with Crippen LogP contribution < -0.4 is 5.73 Å². The van der Waals surface area contributed by atoms with E-state index >= 15 is 0 Å². The van der Waals surface area contributed by atoms with Crippen molar-refractivity contribution in [2.75, 3.05) is 6.54 Å². The van der Waals surface area contributed by atoms with Gasteiger partial charge in [-0.2, -0.15) is 0 Å². The molecule has 0 amide bonds. The lowest BCUT2D eigenvalue weighted by Gasteiger charge is -2.08. The quantitative estimate of drug-likeness (QED) is 0.860. The van der Waals surface area contributed by atoms with E-state index < -0.39 is 17.4 Å². The third kappa shape index (κ3) is 2.85. The first-order valence-corrected chi connectivity index (χ1v) is 5.91. The zero-order valence-corrected chi connectivity index (χ0v) is 10.2. The summed E-state index contributed by atoms with van der Waals surface area (Å²) in [6.45, 7) is 0.385. The maximum absolute atomic E-state index is 13.6. The van der Waals surface area contributed by atoms with Gasteiger partial charge in [0.1, 0.15) is 11.6 Å². The second-order valence-electron chi connectivity index (χ2n) is 4.15. The molecule has 2 nitrogen and oxygen atoms in total. The molecule has 2 aromatic rings. The molecule has 0 saturated carbocycles. The first kappa shape index (κ1) is 13.4. The standard InChI is InChI=1S/C15H13F2NO/c16-11-5-6-14(17)13(9-11)15(19)12-4-2-1-3-10(12)7-8-18/h1-6,9H,7-8,18H2. The molecule has 98 valence electrons. The number of benzene rings is 2. The van der Waals surface area contributed by atoms with Gasteiger partial charge in [-0.3, -0.25) is 4.79 Å². The Kier molecular flexibility index (Phi) is 4.02. The van der Waals surface area contributed by atoms with E-state index in [0.29, 0.717) is 18.5 Å². The molecule has 0 aliphatic carbocycles. The minimum absolute atomic E-state index is 0.260. The van der Waals surface area contributed by atoms with Gasteiger partial charge in [-0.15, -0.1) is 0 Å². The van der Waals surface area contributed by atoms with Gasteiger partial charge in [0.05, 0.1) is 5.56 Å². The maximum Gasteiger partial charge on any atom is 0.196 e. The van der Waals surface area contributed by atoms with Crippen molar-refractivity contribution in [1.29, 1.82) is 0 Å². The number of hydrogen-bond donors (Lipinski definition) is 1. The Morgan fingerprint density at radius 3 is 2.53 bits per heavy atom. The van der Waals surface area contributed by atoms with Crippen molar-refractivity contribution >= 4 is 5.78 Å². The van der Waals surface area contributed by atoms with Crippen LogP contribution in [0.3, 0.4) is 0 Å². The summed E-state index contributed by atoms with van der Waals surface area (Å²) in [6.07, 6.45) is 0.513. The van der Waals surface area contributed by atoms with E-state index in [1.54, 1.807) is 24.3 Å². The average Bonchev–Trinajstić information content (AvgIpc) is 2.42. The highest BCUT2D eigenvalue weighted by Crippen LogP contribution is 2.18. The van der Waals surface area contributed by atoms with E-state index in [-0.39, 0.29) is 5.56 Å². The number of hydrogen-bond acceptors (Lipinski definition) is 2. The molecule has 0 heterocycles. The summed E-state index contributed by atoms with van der Waals surface area (Å²) in [5.74, 6) is -1.89. The lowest BCUT2D eigenvalue weighted by Crippen LogP contribution is -2.11. The Morgan fingerprint density at radius 2 is 1.79 bits per heavy atom. The normalized spacial score (nSPS) is 10.5. The minimum Gasteiger partial charge on any atom is -0.330 e. The summed E-state index contributed by atoms with van der Waals surface area (Å²) in [4.78, 5) is 12.3. The molecule has 2 rings (SSSR count). The van der Waals surface area contributed by atoms with Crippen LogP contribution in [0.5, 0.6) is 0 Å². The van der Waals surface area contributed by atoms with Crippen molar-refractivity contribution in [3.63, 3.8) is 0 Å². The van der Waals surface area contributed by atoms with Crippen molar-refractivity contribution in [3.05, 3.63) is 70.8 Å². The predicted octanol–water partition coefficient (Wildman–Crippen LogP) is 2.70. The van der Waals surface area contributed by atoms with Crippen LogP contribution in [0.2, 0.25) is 0 Å². The van der Waals surface area contributed by atoms with Crippen molar-refractivity contribution < 1.29 is 13.6 Å². The minimum atomic E-state index is -0.728. The molecule has 0 aliphatic rings. The summed E-state index contributed by atoms with van der Waals surface area (Å²) in [5.41, 5.74) is 6.31. The monoisotopic (exact) mass is 261 g/mol. The van der Waals surface area contributed by atoms with E-state index in [1.165, 1.54) is 0 Å². The van der Waals surface area contributed by atoms with Crippen LogP contribution in [0.15, 0.2) is 42.5 Å². The summed E-state index contributed by atoms with van der Waals surface area (Å²) in [5, 5.41) is 0. The first-order chi connectivity index (χ1) is 9.13. The van der Waals surface area contributed by atoms with Crippen molar-refractivity contribution in [2.24, 2.45) is 5.73 Å². The van der Waals surface area contributed by atoms with Gasteiger partial charge in [0, 0.05) is 5.56 Å². The second kappa shape index (κ2) is 5.71. The van der Waals surface area contributed by atoms with Gasteiger partial charge in [-0.1, -0.05) is 24.3 Å². The first-order valence-electron chi connectivity index (χ1n) is 5.91. The van der Waals surface area contributed by atoms with Gasteiger partial charge in [-0.05, 0) is 36.7 Å². The van der Waals surface area contributed by atoms with Crippen LogP contribution in [0.4, 0.5) is 8.78 Å². The van der Waals surface area contributed by atoms with Gasteiger partial charge in [0.25, 0.3) is 0 Å². The lowest BCUT2D eigenvalue weighted by atomic mass is 9.96.